The number of carboxylic acids is 1. The summed E-state index contributed by atoms with van der Waals surface area (Å²) in [5.74, 6) is -1.51. The second kappa shape index (κ2) is 7.95. The number of piperidine rings is 1. The number of carbonyl (C=O) groups is 3. The van der Waals surface area contributed by atoms with Crippen molar-refractivity contribution in [3.8, 4) is 11.1 Å². The molecule has 2 aromatic carbocycles. The van der Waals surface area contributed by atoms with Crippen LogP contribution < -0.4 is 5.32 Å². The van der Waals surface area contributed by atoms with E-state index in [4.69, 9.17) is 9.84 Å². The molecule has 0 spiro atoms. The number of hydrogen-bond donors (Lipinski definition) is 2. The number of benzene rings is 2. The summed E-state index contributed by atoms with van der Waals surface area (Å²) in [6, 6.07) is 15.4. The summed E-state index contributed by atoms with van der Waals surface area (Å²) in [6.45, 7) is 0.190. The van der Waals surface area contributed by atoms with Crippen molar-refractivity contribution in [2.45, 2.75) is 24.8 Å². The van der Waals surface area contributed by atoms with E-state index in [9.17, 15) is 14.4 Å². The molecule has 0 radical (unpaired) electrons. The van der Waals surface area contributed by atoms with Gasteiger partial charge >= 0.3 is 12.1 Å². The summed E-state index contributed by atoms with van der Waals surface area (Å²) in [7, 11) is 0. The van der Waals surface area contributed by atoms with Gasteiger partial charge < -0.3 is 20.1 Å². The van der Waals surface area contributed by atoms with Crippen molar-refractivity contribution in [3.63, 3.8) is 0 Å². The minimum Gasteiger partial charge on any atom is -0.480 e. The predicted molar refractivity (Wildman–Crippen MR) is 105 cm³/mol. The zero-order chi connectivity index (χ0) is 20.4. The predicted octanol–water partition coefficient (Wildman–Crippen LogP) is 2.60. The number of fused-ring (bicyclic) bond motifs is 3. The Hall–Kier alpha value is -3.35. The fourth-order valence-corrected chi connectivity index (χ4v) is 4.18. The summed E-state index contributed by atoms with van der Waals surface area (Å²) in [4.78, 5) is 36.9. The largest absolute Gasteiger partial charge is 0.480 e. The molecule has 7 heteroatoms. The van der Waals surface area contributed by atoms with Gasteiger partial charge in [0, 0.05) is 12.5 Å². The van der Waals surface area contributed by atoms with Gasteiger partial charge in [0.25, 0.3) is 0 Å². The van der Waals surface area contributed by atoms with Gasteiger partial charge in [0.2, 0.25) is 5.91 Å². The fourth-order valence-electron chi connectivity index (χ4n) is 4.18. The number of carbonyl (C=O) groups excluding carboxylic acids is 2. The van der Waals surface area contributed by atoms with Gasteiger partial charge in [0.05, 0.1) is 0 Å². The van der Waals surface area contributed by atoms with E-state index in [2.05, 4.69) is 17.4 Å². The maximum Gasteiger partial charge on any atom is 0.407 e. The SMILES string of the molecule is O=C(O)CN1CCC[C@@H](NC(=O)OCC2c3ccccc3-c3ccccc32)C1=O. The molecule has 150 valence electrons. The quantitative estimate of drug-likeness (QED) is 0.813. The van der Waals surface area contributed by atoms with Crippen molar-refractivity contribution in [3.05, 3.63) is 59.7 Å². The molecule has 0 aromatic heterocycles. The van der Waals surface area contributed by atoms with Crippen LogP contribution in [0.5, 0.6) is 0 Å². The molecule has 1 saturated heterocycles. The third-order valence-corrected chi connectivity index (χ3v) is 5.49. The van der Waals surface area contributed by atoms with E-state index >= 15 is 0 Å². The van der Waals surface area contributed by atoms with Gasteiger partial charge in [-0.25, -0.2) is 4.79 Å². The van der Waals surface area contributed by atoms with Crippen molar-refractivity contribution < 1.29 is 24.2 Å². The average molecular weight is 394 g/mol. The topological polar surface area (TPSA) is 95.9 Å². The van der Waals surface area contributed by atoms with Crippen LogP contribution in [0.15, 0.2) is 48.5 Å². The van der Waals surface area contributed by atoms with Crippen LogP contribution in [0.1, 0.15) is 29.9 Å². The second-order valence-corrected chi connectivity index (χ2v) is 7.32. The van der Waals surface area contributed by atoms with Crippen molar-refractivity contribution >= 4 is 18.0 Å². The van der Waals surface area contributed by atoms with E-state index in [1.54, 1.807) is 0 Å². The first-order chi connectivity index (χ1) is 14.0. The van der Waals surface area contributed by atoms with Gasteiger partial charge in [0.15, 0.2) is 0 Å². The van der Waals surface area contributed by atoms with E-state index in [1.165, 1.54) is 4.90 Å². The maximum absolute atomic E-state index is 12.4. The molecule has 2 amide bonds. The lowest BCUT2D eigenvalue weighted by Gasteiger charge is -2.31. The first kappa shape index (κ1) is 19.0. The van der Waals surface area contributed by atoms with E-state index in [1.807, 2.05) is 36.4 Å². The molecule has 0 saturated carbocycles. The van der Waals surface area contributed by atoms with Gasteiger partial charge in [-0.3, -0.25) is 9.59 Å². The van der Waals surface area contributed by atoms with E-state index in [0.717, 1.165) is 22.3 Å². The summed E-state index contributed by atoms with van der Waals surface area (Å²) in [5, 5.41) is 11.5. The lowest BCUT2D eigenvalue weighted by atomic mass is 9.98. The molecule has 1 atom stereocenters. The molecule has 1 fully saturated rings. The molecule has 0 unspecified atom stereocenters. The van der Waals surface area contributed by atoms with Gasteiger partial charge in [-0.2, -0.15) is 0 Å². The highest BCUT2D eigenvalue weighted by Gasteiger charge is 2.32. The van der Waals surface area contributed by atoms with Crippen LogP contribution in [0.2, 0.25) is 0 Å². The normalized spacial score (nSPS) is 18.1. The second-order valence-electron chi connectivity index (χ2n) is 7.32. The molecule has 1 aliphatic carbocycles. The molecule has 2 N–H and O–H groups in total. The standard InChI is InChI=1S/C22H22N2O5/c25-20(26)12-24-11-5-10-19(21(24)27)23-22(28)29-13-18-16-8-3-1-6-14(16)15-7-2-4-9-17(15)18/h1-4,6-9,18-19H,5,10-13H2,(H,23,28)(H,25,26)/t19-/m1/s1. The van der Waals surface area contributed by atoms with Crippen molar-refractivity contribution in [2.75, 3.05) is 19.7 Å². The Morgan fingerprint density at radius 2 is 1.69 bits per heavy atom. The van der Waals surface area contributed by atoms with Gasteiger partial charge in [-0.15, -0.1) is 0 Å². The number of aliphatic carboxylic acids is 1. The third kappa shape index (κ3) is 3.81. The molecule has 1 aliphatic heterocycles. The van der Waals surface area contributed by atoms with E-state index < -0.39 is 18.1 Å². The number of likely N-dealkylation sites (tertiary alicyclic amines) is 1. The van der Waals surface area contributed by atoms with Crippen LogP contribution in [0, 0.1) is 0 Å². The molecular formula is C22H22N2O5. The molecule has 0 bridgehead atoms. The highest BCUT2D eigenvalue weighted by molar-refractivity contribution is 5.88. The summed E-state index contributed by atoms with van der Waals surface area (Å²) in [5.41, 5.74) is 4.51. The van der Waals surface area contributed by atoms with Crippen LogP contribution in [0.4, 0.5) is 4.79 Å². The number of nitrogens with zero attached hydrogens (tertiary/aromatic N) is 1. The molecule has 1 heterocycles. The Kier molecular flexibility index (Phi) is 5.20. The lowest BCUT2D eigenvalue weighted by molar-refractivity contribution is -0.146. The zero-order valence-corrected chi connectivity index (χ0v) is 15.8. The average Bonchev–Trinajstić information content (AvgIpc) is 3.03. The van der Waals surface area contributed by atoms with Crippen LogP contribution in [0.25, 0.3) is 11.1 Å². The minimum absolute atomic E-state index is 0.0567. The number of nitrogens with one attached hydrogen (secondary N) is 1. The number of alkyl carbamates (subject to hydrolysis) is 1. The number of hydrogen-bond acceptors (Lipinski definition) is 4. The van der Waals surface area contributed by atoms with Gasteiger partial charge in [-0.1, -0.05) is 48.5 Å². The maximum atomic E-state index is 12.4. The summed E-state index contributed by atoms with van der Waals surface area (Å²) in [6.07, 6.45) is 0.439. The van der Waals surface area contributed by atoms with Gasteiger partial charge in [0.1, 0.15) is 19.2 Å². The van der Waals surface area contributed by atoms with E-state index in [0.29, 0.717) is 19.4 Å². The zero-order valence-electron chi connectivity index (χ0n) is 15.8. The number of rotatable bonds is 5. The minimum atomic E-state index is -1.07. The Balaban J connectivity index is 1.40. The molecule has 2 aromatic rings. The Bertz CT molecular complexity index is 912. The molecule has 4 rings (SSSR count). The molecule has 29 heavy (non-hydrogen) atoms. The van der Waals surface area contributed by atoms with Gasteiger partial charge in [-0.05, 0) is 35.1 Å². The number of amides is 2. The first-order valence-corrected chi connectivity index (χ1v) is 9.66. The molecule has 7 nitrogen and oxygen atoms in total. The van der Waals surface area contributed by atoms with Crippen LogP contribution in [-0.4, -0.2) is 53.7 Å². The van der Waals surface area contributed by atoms with Crippen molar-refractivity contribution in [2.24, 2.45) is 0 Å². The van der Waals surface area contributed by atoms with Crippen LogP contribution in [0.3, 0.4) is 0 Å². The highest BCUT2D eigenvalue weighted by Crippen LogP contribution is 2.44. The molecule has 2 aliphatic rings. The summed E-state index contributed by atoms with van der Waals surface area (Å²) >= 11 is 0. The van der Waals surface area contributed by atoms with Crippen molar-refractivity contribution in [1.29, 1.82) is 0 Å². The van der Waals surface area contributed by atoms with Crippen LogP contribution in [-0.2, 0) is 14.3 Å². The highest BCUT2D eigenvalue weighted by atomic mass is 16.5. The van der Waals surface area contributed by atoms with E-state index in [-0.39, 0.29) is 25.0 Å². The Labute approximate surface area is 168 Å². The first-order valence-electron chi connectivity index (χ1n) is 9.66. The summed E-state index contributed by atoms with van der Waals surface area (Å²) < 4.78 is 5.47. The third-order valence-electron chi connectivity index (χ3n) is 5.49. The monoisotopic (exact) mass is 394 g/mol. The number of carboxylic acid groups (broad SMARTS) is 1. The Morgan fingerprint density at radius 3 is 2.31 bits per heavy atom. The van der Waals surface area contributed by atoms with Crippen molar-refractivity contribution in [1.82, 2.24) is 10.2 Å². The number of ether oxygens (including phenoxy) is 1. The molecular weight excluding hydrogens is 372 g/mol. The lowest BCUT2D eigenvalue weighted by Crippen LogP contribution is -2.53. The fraction of sp³-hybridized carbons (Fsp3) is 0.318. The smallest absolute Gasteiger partial charge is 0.407 e. The Morgan fingerprint density at radius 1 is 1.07 bits per heavy atom. The van der Waals surface area contributed by atoms with Crippen LogP contribution >= 0.6 is 0 Å².